The van der Waals surface area contributed by atoms with E-state index in [1.54, 1.807) is 11.6 Å². The molecule has 1 spiro atoms. The van der Waals surface area contributed by atoms with Crippen molar-refractivity contribution in [2.45, 2.75) is 25.8 Å². The Morgan fingerprint density at radius 1 is 0.935 bits per heavy atom. The van der Waals surface area contributed by atoms with Gasteiger partial charge in [-0.1, -0.05) is 48.5 Å². The number of carbonyl (C=O) groups is 1. The van der Waals surface area contributed by atoms with Gasteiger partial charge in [0.25, 0.3) is 11.5 Å². The lowest BCUT2D eigenvalue weighted by molar-refractivity contribution is 0.0715. The van der Waals surface area contributed by atoms with Crippen molar-refractivity contribution in [3.63, 3.8) is 0 Å². The number of benzene rings is 2. The van der Waals surface area contributed by atoms with E-state index in [1.165, 1.54) is 11.6 Å². The highest BCUT2D eigenvalue weighted by Gasteiger charge is 2.42. The average Bonchev–Trinajstić information content (AvgIpc) is 3.22. The molecular formula is C26H29N3O2. The summed E-state index contributed by atoms with van der Waals surface area (Å²) >= 11 is 0. The molecule has 2 fully saturated rings. The Morgan fingerprint density at radius 3 is 2.39 bits per heavy atom. The summed E-state index contributed by atoms with van der Waals surface area (Å²) in [5, 5.41) is 0.855. The molecular weight excluding hydrogens is 386 g/mol. The van der Waals surface area contributed by atoms with Crippen LogP contribution in [0.2, 0.25) is 0 Å². The van der Waals surface area contributed by atoms with Gasteiger partial charge < -0.3 is 9.47 Å². The number of likely N-dealkylation sites (tertiary alicyclic amines) is 2. The van der Waals surface area contributed by atoms with E-state index in [0.717, 1.165) is 62.9 Å². The molecule has 0 unspecified atom stereocenters. The third-order valence-corrected chi connectivity index (χ3v) is 7.28. The largest absolute Gasteiger partial charge is 0.338 e. The van der Waals surface area contributed by atoms with Crippen LogP contribution in [0.4, 0.5) is 0 Å². The molecule has 1 amide bonds. The van der Waals surface area contributed by atoms with Crippen molar-refractivity contribution < 1.29 is 4.79 Å². The Balaban J connectivity index is 1.29. The minimum Gasteiger partial charge on any atom is -0.338 e. The van der Waals surface area contributed by atoms with E-state index in [0.29, 0.717) is 5.56 Å². The van der Waals surface area contributed by atoms with Gasteiger partial charge in [0.15, 0.2) is 0 Å². The fourth-order valence-electron chi connectivity index (χ4n) is 5.30. The average molecular weight is 416 g/mol. The van der Waals surface area contributed by atoms with Gasteiger partial charge in [-0.05, 0) is 49.4 Å². The van der Waals surface area contributed by atoms with Gasteiger partial charge in [0.05, 0.1) is 11.1 Å². The third-order valence-electron chi connectivity index (χ3n) is 7.28. The maximum absolute atomic E-state index is 13.4. The Bertz CT molecular complexity index is 1160. The van der Waals surface area contributed by atoms with E-state index in [4.69, 9.17) is 0 Å². The molecule has 31 heavy (non-hydrogen) atoms. The molecule has 0 radical (unpaired) electrons. The first-order chi connectivity index (χ1) is 15.0. The number of para-hydroxylation sites is 1. The van der Waals surface area contributed by atoms with E-state index >= 15 is 0 Å². The maximum Gasteiger partial charge on any atom is 0.254 e. The van der Waals surface area contributed by atoms with Gasteiger partial charge >= 0.3 is 0 Å². The van der Waals surface area contributed by atoms with Crippen molar-refractivity contribution >= 4 is 16.8 Å². The number of hydrogen-bond acceptors (Lipinski definition) is 3. The zero-order valence-corrected chi connectivity index (χ0v) is 18.1. The van der Waals surface area contributed by atoms with E-state index < -0.39 is 0 Å². The molecule has 0 atom stereocenters. The second-order valence-electron chi connectivity index (χ2n) is 9.21. The fraction of sp³-hybridized carbons (Fsp3) is 0.385. The molecule has 5 rings (SSSR count). The summed E-state index contributed by atoms with van der Waals surface area (Å²) in [6, 6.07) is 19.8. The summed E-state index contributed by atoms with van der Waals surface area (Å²) in [5.41, 5.74) is 2.79. The summed E-state index contributed by atoms with van der Waals surface area (Å²) in [7, 11) is 1.76. The minimum atomic E-state index is -0.134. The quantitative estimate of drug-likeness (QED) is 0.656. The molecule has 3 aromatic rings. The van der Waals surface area contributed by atoms with E-state index in [1.807, 2.05) is 29.2 Å². The highest BCUT2D eigenvalue weighted by atomic mass is 16.2. The van der Waals surface area contributed by atoms with Gasteiger partial charge in [-0.25, -0.2) is 0 Å². The van der Waals surface area contributed by atoms with Crippen LogP contribution in [0.3, 0.4) is 0 Å². The van der Waals surface area contributed by atoms with Gasteiger partial charge in [0.2, 0.25) is 0 Å². The number of fused-ring (bicyclic) bond motifs is 1. The topological polar surface area (TPSA) is 45.6 Å². The monoisotopic (exact) mass is 415 g/mol. The van der Waals surface area contributed by atoms with Crippen LogP contribution >= 0.6 is 0 Å². The Kier molecular flexibility index (Phi) is 5.14. The van der Waals surface area contributed by atoms with Gasteiger partial charge in [-0.15, -0.1) is 0 Å². The number of pyridine rings is 1. The van der Waals surface area contributed by atoms with E-state index in [9.17, 15) is 9.59 Å². The van der Waals surface area contributed by atoms with Crippen LogP contribution in [-0.2, 0) is 13.6 Å². The Hall–Kier alpha value is -2.92. The molecule has 0 aliphatic carbocycles. The van der Waals surface area contributed by atoms with Crippen molar-refractivity contribution in [3.05, 3.63) is 82.1 Å². The summed E-state index contributed by atoms with van der Waals surface area (Å²) < 4.78 is 1.61. The number of nitrogens with zero attached hydrogens (tertiary/aromatic N) is 3. The van der Waals surface area contributed by atoms with Crippen LogP contribution in [0.25, 0.3) is 10.9 Å². The molecule has 0 bridgehead atoms. The van der Waals surface area contributed by atoms with Crippen molar-refractivity contribution in [2.24, 2.45) is 12.5 Å². The minimum absolute atomic E-state index is 0.00232. The van der Waals surface area contributed by atoms with Gasteiger partial charge in [-0.3, -0.25) is 14.5 Å². The number of rotatable bonds is 3. The predicted molar refractivity (Wildman–Crippen MR) is 123 cm³/mol. The van der Waals surface area contributed by atoms with Crippen molar-refractivity contribution in [2.75, 3.05) is 26.2 Å². The molecule has 3 heterocycles. The molecule has 1 aromatic heterocycles. The molecule has 2 aromatic carbocycles. The van der Waals surface area contributed by atoms with Gasteiger partial charge in [-0.2, -0.15) is 0 Å². The van der Waals surface area contributed by atoms with E-state index in [-0.39, 0.29) is 16.9 Å². The number of aryl methyl sites for hydroxylation is 1. The van der Waals surface area contributed by atoms with Gasteiger partial charge in [0.1, 0.15) is 0 Å². The summed E-state index contributed by atoms with van der Waals surface area (Å²) in [6.07, 6.45) is 3.31. The fourth-order valence-corrected chi connectivity index (χ4v) is 5.30. The molecule has 2 aliphatic rings. The zero-order valence-electron chi connectivity index (χ0n) is 18.1. The Morgan fingerprint density at radius 2 is 1.61 bits per heavy atom. The highest BCUT2D eigenvalue weighted by Crippen LogP contribution is 2.41. The Labute approximate surface area is 182 Å². The third kappa shape index (κ3) is 3.79. The standard InChI is InChI=1S/C26H29N3O2/c1-27-23-10-6-5-9-21(23)22(17-24(27)30)25(31)29-16-13-26(19-29)11-14-28(15-12-26)18-20-7-3-2-4-8-20/h2-10,17H,11-16,18-19H2,1H3. The molecule has 160 valence electrons. The summed E-state index contributed by atoms with van der Waals surface area (Å²) in [5.74, 6) is -0.00232. The first-order valence-electron chi connectivity index (χ1n) is 11.2. The number of amides is 1. The van der Waals surface area contributed by atoms with Gasteiger partial charge in [0, 0.05) is 38.1 Å². The molecule has 5 heteroatoms. The second kappa shape index (κ2) is 7.97. The highest BCUT2D eigenvalue weighted by molar-refractivity contribution is 6.06. The SMILES string of the molecule is Cn1c(=O)cc(C(=O)N2CCC3(CCN(Cc4ccccc4)CC3)C2)c2ccccc21. The lowest BCUT2D eigenvalue weighted by atomic mass is 9.77. The molecule has 0 saturated carbocycles. The zero-order chi connectivity index (χ0) is 21.4. The predicted octanol–water partition coefficient (Wildman–Crippen LogP) is 3.67. The molecule has 0 N–H and O–H groups in total. The number of carbonyl (C=O) groups excluding carboxylic acids is 1. The van der Waals surface area contributed by atoms with E-state index in [2.05, 4.69) is 35.2 Å². The van der Waals surface area contributed by atoms with Crippen LogP contribution in [0.15, 0.2) is 65.5 Å². The van der Waals surface area contributed by atoms with Crippen molar-refractivity contribution in [1.29, 1.82) is 0 Å². The second-order valence-corrected chi connectivity index (χ2v) is 9.21. The number of piperidine rings is 1. The molecule has 2 aliphatic heterocycles. The molecule has 2 saturated heterocycles. The van der Waals surface area contributed by atoms with Crippen LogP contribution < -0.4 is 5.56 Å². The number of hydrogen-bond donors (Lipinski definition) is 0. The van der Waals surface area contributed by atoms with Crippen LogP contribution in [0.5, 0.6) is 0 Å². The van der Waals surface area contributed by atoms with Crippen LogP contribution in [-0.4, -0.2) is 46.5 Å². The first kappa shape index (κ1) is 20.0. The summed E-state index contributed by atoms with van der Waals surface area (Å²) in [4.78, 5) is 30.4. The maximum atomic E-state index is 13.4. The van der Waals surface area contributed by atoms with Crippen LogP contribution in [0, 0.1) is 5.41 Å². The smallest absolute Gasteiger partial charge is 0.254 e. The lowest BCUT2D eigenvalue weighted by Gasteiger charge is -2.39. The first-order valence-corrected chi connectivity index (χ1v) is 11.2. The number of aromatic nitrogens is 1. The molecule has 5 nitrogen and oxygen atoms in total. The summed E-state index contributed by atoms with van der Waals surface area (Å²) in [6.45, 7) is 4.73. The van der Waals surface area contributed by atoms with Crippen molar-refractivity contribution in [1.82, 2.24) is 14.4 Å². The van der Waals surface area contributed by atoms with Crippen molar-refractivity contribution in [3.8, 4) is 0 Å². The van der Waals surface area contributed by atoms with Crippen LogP contribution in [0.1, 0.15) is 35.2 Å². The normalized spacial score (nSPS) is 18.7. The lowest BCUT2D eigenvalue weighted by Crippen LogP contribution is -2.42.